The smallest absolute Gasteiger partial charge is 0.169 e. The molecule has 2 aromatic carbocycles. The summed E-state index contributed by atoms with van der Waals surface area (Å²) in [6, 6.07) is 14.9. The number of hydrogen-bond donors (Lipinski definition) is 0. The molecule has 2 rings (SSSR count). The zero-order valence-electron chi connectivity index (χ0n) is 12.4. The molecule has 0 saturated heterocycles. The van der Waals surface area contributed by atoms with Gasteiger partial charge >= 0.3 is 0 Å². The molecule has 112 valence electrons. The van der Waals surface area contributed by atoms with Crippen LogP contribution < -0.4 is 9.47 Å². The van der Waals surface area contributed by atoms with Crippen molar-refractivity contribution in [2.45, 2.75) is 6.61 Å². The Morgan fingerprint density at radius 3 is 2.64 bits per heavy atom. The first kappa shape index (κ1) is 15.4. The molecule has 0 bridgehead atoms. The van der Waals surface area contributed by atoms with Crippen LogP contribution in [0.3, 0.4) is 0 Å². The van der Waals surface area contributed by atoms with E-state index in [2.05, 4.69) is 11.2 Å². The van der Waals surface area contributed by atoms with Crippen molar-refractivity contribution in [3.63, 3.8) is 0 Å². The maximum Gasteiger partial charge on any atom is 0.169 e. The van der Waals surface area contributed by atoms with Crippen molar-refractivity contribution in [3.8, 4) is 17.6 Å². The van der Waals surface area contributed by atoms with Crippen LogP contribution in [-0.4, -0.2) is 20.4 Å². The summed E-state index contributed by atoms with van der Waals surface area (Å²) < 4.78 is 10.5. The molecule has 0 radical (unpaired) electrons. The molecule has 5 nitrogen and oxygen atoms in total. The molecule has 0 atom stereocenters. The van der Waals surface area contributed by atoms with Crippen molar-refractivity contribution < 1.29 is 14.3 Å². The zero-order valence-corrected chi connectivity index (χ0v) is 12.4. The minimum absolute atomic E-state index is 0.229. The van der Waals surface area contributed by atoms with E-state index in [0.29, 0.717) is 17.1 Å². The van der Waals surface area contributed by atoms with Crippen LogP contribution in [-0.2, 0) is 11.4 Å². The second-order valence-corrected chi connectivity index (χ2v) is 4.36. The minimum Gasteiger partial charge on any atom is -0.493 e. The van der Waals surface area contributed by atoms with Crippen LogP contribution in [0.25, 0.3) is 0 Å². The topological polar surface area (TPSA) is 63.8 Å². The lowest BCUT2D eigenvalue weighted by Crippen LogP contribution is -1.96. The van der Waals surface area contributed by atoms with Gasteiger partial charge in [0.15, 0.2) is 11.5 Å². The molecule has 5 heteroatoms. The Labute approximate surface area is 129 Å². The lowest BCUT2D eigenvalue weighted by molar-refractivity contribution is 0.132. The number of para-hydroxylation sites is 1. The number of nitrogens with zero attached hydrogens (tertiary/aromatic N) is 2. The highest BCUT2D eigenvalue weighted by Gasteiger charge is 2.07. The summed E-state index contributed by atoms with van der Waals surface area (Å²) in [4.78, 5) is 5.26. The summed E-state index contributed by atoms with van der Waals surface area (Å²) in [6.45, 7) is 0.229. The van der Waals surface area contributed by atoms with Crippen LogP contribution in [0, 0.1) is 11.3 Å². The fourth-order valence-corrected chi connectivity index (χ4v) is 1.97. The van der Waals surface area contributed by atoms with Gasteiger partial charge in [-0.1, -0.05) is 29.4 Å². The molecular formula is C17H16N2O3. The van der Waals surface area contributed by atoms with Gasteiger partial charge in [-0.2, -0.15) is 5.26 Å². The Balaban J connectivity index is 2.06. The first-order valence-corrected chi connectivity index (χ1v) is 6.64. The van der Waals surface area contributed by atoms with Gasteiger partial charge in [0.2, 0.25) is 0 Å². The van der Waals surface area contributed by atoms with Crippen molar-refractivity contribution in [1.29, 1.82) is 5.26 Å². The third-order valence-electron chi connectivity index (χ3n) is 3.06. The molecule has 0 aliphatic rings. The summed E-state index contributed by atoms with van der Waals surface area (Å²) in [5, 5.41) is 12.9. The zero-order chi connectivity index (χ0) is 15.8. The van der Waals surface area contributed by atoms with Gasteiger partial charge in [-0.05, 0) is 18.2 Å². The highest BCUT2D eigenvalue weighted by atomic mass is 16.6. The van der Waals surface area contributed by atoms with Gasteiger partial charge in [0.25, 0.3) is 0 Å². The Kier molecular flexibility index (Phi) is 5.38. The van der Waals surface area contributed by atoms with Crippen LogP contribution in [0.4, 0.5) is 0 Å². The molecular weight excluding hydrogens is 280 g/mol. The van der Waals surface area contributed by atoms with Gasteiger partial charge in [0.05, 0.1) is 32.1 Å². The Morgan fingerprint density at radius 1 is 1.09 bits per heavy atom. The molecule has 0 saturated carbocycles. The molecule has 0 aromatic heterocycles. The van der Waals surface area contributed by atoms with Crippen molar-refractivity contribution >= 4 is 6.21 Å². The lowest BCUT2D eigenvalue weighted by atomic mass is 10.1. The van der Waals surface area contributed by atoms with E-state index in [9.17, 15) is 0 Å². The molecule has 0 aliphatic carbocycles. The van der Waals surface area contributed by atoms with Crippen LogP contribution in [0.15, 0.2) is 47.6 Å². The lowest BCUT2D eigenvalue weighted by Gasteiger charge is -2.09. The number of ether oxygens (including phenoxy) is 2. The summed E-state index contributed by atoms with van der Waals surface area (Å²) in [6.07, 6.45) is 1.55. The van der Waals surface area contributed by atoms with Gasteiger partial charge < -0.3 is 14.3 Å². The molecule has 0 aliphatic heterocycles. The van der Waals surface area contributed by atoms with Gasteiger partial charge in [0.1, 0.15) is 6.61 Å². The van der Waals surface area contributed by atoms with Crippen LogP contribution in [0.1, 0.15) is 16.7 Å². The summed E-state index contributed by atoms with van der Waals surface area (Å²) in [5.74, 6) is 1.22. The Bertz CT molecular complexity index is 705. The third kappa shape index (κ3) is 3.55. The van der Waals surface area contributed by atoms with Gasteiger partial charge in [-0.3, -0.25) is 0 Å². The summed E-state index contributed by atoms with van der Waals surface area (Å²) in [7, 11) is 3.15. The normalized spacial score (nSPS) is 10.2. The largest absolute Gasteiger partial charge is 0.493 e. The Hall–Kier alpha value is -3.00. The molecule has 0 heterocycles. The summed E-state index contributed by atoms with van der Waals surface area (Å²) >= 11 is 0. The van der Waals surface area contributed by atoms with E-state index in [1.165, 1.54) is 0 Å². The van der Waals surface area contributed by atoms with Gasteiger partial charge in [-0.25, -0.2) is 0 Å². The number of nitriles is 1. The number of methoxy groups -OCH3 is 2. The van der Waals surface area contributed by atoms with Crippen LogP contribution in [0.5, 0.6) is 11.5 Å². The molecule has 0 amide bonds. The fraction of sp³-hybridized carbons (Fsp3) is 0.176. The number of rotatable bonds is 6. The van der Waals surface area contributed by atoms with Crippen molar-refractivity contribution in [2.75, 3.05) is 14.2 Å². The van der Waals surface area contributed by atoms with Crippen LogP contribution >= 0.6 is 0 Å². The third-order valence-corrected chi connectivity index (χ3v) is 3.06. The predicted molar refractivity (Wildman–Crippen MR) is 83.1 cm³/mol. The monoisotopic (exact) mass is 296 g/mol. The molecule has 0 spiro atoms. The molecule has 2 aromatic rings. The second-order valence-electron chi connectivity index (χ2n) is 4.36. The standard InChI is InChI=1S/C17H16N2O3/c1-20-16-9-5-8-14(17(16)21-2)11-19-22-12-15-7-4-3-6-13(15)10-18/h3-9,11H,12H2,1-2H3/b19-11-. The van der Waals surface area contributed by atoms with Gasteiger partial charge in [0, 0.05) is 11.1 Å². The quantitative estimate of drug-likeness (QED) is 0.607. The molecule has 22 heavy (non-hydrogen) atoms. The van der Waals surface area contributed by atoms with E-state index in [-0.39, 0.29) is 6.61 Å². The number of benzene rings is 2. The minimum atomic E-state index is 0.229. The number of oxime groups is 1. The summed E-state index contributed by atoms with van der Waals surface area (Å²) in [5.41, 5.74) is 2.12. The average molecular weight is 296 g/mol. The molecule has 0 N–H and O–H groups in total. The first-order chi connectivity index (χ1) is 10.8. The van der Waals surface area contributed by atoms with Crippen LogP contribution in [0.2, 0.25) is 0 Å². The first-order valence-electron chi connectivity index (χ1n) is 6.64. The highest BCUT2D eigenvalue weighted by Crippen LogP contribution is 2.29. The van der Waals surface area contributed by atoms with Crippen molar-refractivity contribution in [2.24, 2.45) is 5.16 Å². The Morgan fingerprint density at radius 2 is 1.91 bits per heavy atom. The van der Waals surface area contributed by atoms with E-state index in [4.69, 9.17) is 19.6 Å². The van der Waals surface area contributed by atoms with E-state index in [1.54, 1.807) is 32.6 Å². The van der Waals surface area contributed by atoms with E-state index < -0.39 is 0 Å². The van der Waals surface area contributed by atoms with E-state index in [1.807, 2.05) is 30.3 Å². The predicted octanol–water partition coefficient (Wildman–Crippen LogP) is 3.13. The van der Waals surface area contributed by atoms with Crippen molar-refractivity contribution in [3.05, 3.63) is 59.2 Å². The maximum atomic E-state index is 9.00. The molecule has 0 unspecified atom stereocenters. The van der Waals surface area contributed by atoms with E-state index in [0.717, 1.165) is 11.1 Å². The SMILES string of the molecule is COc1cccc(/C=N\OCc2ccccc2C#N)c1OC. The van der Waals surface area contributed by atoms with Crippen molar-refractivity contribution in [1.82, 2.24) is 0 Å². The number of hydrogen-bond acceptors (Lipinski definition) is 5. The maximum absolute atomic E-state index is 9.00. The van der Waals surface area contributed by atoms with Gasteiger partial charge in [-0.15, -0.1) is 0 Å². The fourth-order valence-electron chi connectivity index (χ4n) is 1.97. The molecule has 0 fully saturated rings. The van der Waals surface area contributed by atoms with E-state index >= 15 is 0 Å². The average Bonchev–Trinajstić information content (AvgIpc) is 2.58. The second kappa shape index (κ2) is 7.70. The highest BCUT2D eigenvalue weighted by molar-refractivity contribution is 5.84.